The van der Waals surface area contributed by atoms with Crippen LogP contribution in [0.1, 0.15) is 18.1 Å². The standard InChI is InChI=1S/C12H18N2O/c1-9-4-5-10(2)12(8-9)14-7-6-13-11(3)15/h4-5,8,14H,6-7H2,1-3H3,(H,13,15). The van der Waals surface area contributed by atoms with Crippen molar-refractivity contribution >= 4 is 11.6 Å². The maximum atomic E-state index is 10.6. The number of hydrogen-bond donors (Lipinski definition) is 2. The fourth-order valence-corrected chi connectivity index (χ4v) is 1.36. The molecular formula is C12H18N2O. The quantitative estimate of drug-likeness (QED) is 0.738. The first kappa shape index (κ1) is 11.6. The van der Waals surface area contributed by atoms with E-state index in [1.54, 1.807) is 0 Å². The molecule has 0 atom stereocenters. The average Bonchev–Trinajstić information content (AvgIpc) is 2.17. The molecule has 0 heterocycles. The molecule has 0 fully saturated rings. The molecule has 0 spiro atoms. The Kier molecular flexibility index (Phi) is 4.16. The van der Waals surface area contributed by atoms with Gasteiger partial charge in [-0.05, 0) is 31.0 Å². The van der Waals surface area contributed by atoms with Crippen molar-refractivity contribution in [3.8, 4) is 0 Å². The minimum atomic E-state index is 0.0118. The molecule has 0 aliphatic heterocycles. The van der Waals surface area contributed by atoms with Crippen LogP contribution in [0.5, 0.6) is 0 Å². The van der Waals surface area contributed by atoms with Gasteiger partial charge in [-0.25, -0.2) is 0 Å². The predicted molar refractivity (Wildman–Crippen MR) is 63.1 cm³/mol. The van der Waals surface area contributed by atoms with Crippen molar-refractivity contribution < 1.29 is 4.79 Å². The van der Waals surface area contributed by atoms with Crippen LogP contribution < -0.4 is 10.6 Å². The Hall–Kier alpha value is -1.51. The summed E-state index contributed by atoms with van der Waals surface area (Å²) < 4.78 is 0. The highest BCUT2D eigenvalue weighted by molar-refractivity contribution is 5.72. The summed E-state index contributed by atoms with van der Waals surface area (Å²) in [6.07, 6.45) is 0. The molecule has 0 unspecified atom stereocenters. The van der Waals surface area contributed by atoms with Crippen LogP contribution in [0.4, 0.5) is 5.69 Å². The minimum Gasteiger partial charge on any atom is -0.383 e. The van der Waals surface area contributed by atoms with Crippen LogP contribution in [0.15, 0.2) is 18.2 Å². The van der Waals surface area contributed by atoms with Crippen molar-refractivity contribution in [3.05, 3.63) is 29.3 Å². The van der Waals surface area contributed by atoms with Gasteiger partial charge in [-0.15, -0.1) is 0 Å². The molecule has 15 heavy (non-hydrogen) atoms. The van der Waals surface area contributed by atoms with Crippen LogP contribution in [0, 0.1) is 13.8 Å². The van der Waals surface area contributed by atoms with Crippen molar-refractivity contribution in [2.45, 2.75) is 20.8 Å². The number of aryl methyl sites for hydroxylation is 2. The lowest BCUT2D eigenvalue weighted by Gasteiger charge is -2.10. The Morgan fingerprint density at radius 2 is 2.00 bits per heavy atom. The SMILES string of the molecule is CC(=O)NCCNc1cc(C)ccc1C. The highest BCUT2D eigenvalue weighted by Gasteiger charge is 1.97. The summed E-state index contributed by atoms with van der Waals surface area (Å²) in [6.45, 7) is 7.07. The third-order valence-corrected chi connectivity index (χ3v) is 2.21. The van der Waals surface area contributed by atoms with Gasteiger partial charge in [0.25, 0.3) is 0 Å². The molecule has 1 aromatic carbocycles. The molecule has 1 amide bonds. The third kappa shape index (κ3) is 4.02. The van der Waals surface area contributed by atoms with E-state index >= 15 is 0 Å². The van der Waals surface area contributed by atoms with Gasteiger partial charge in [0, 0.05) is 25.7 Å². The zero-order valence-electron chi connectivity index (χ0n) is 9.55. The van der Waals surface area contributed by atoms with Crippen molar-refractivity contribution in [2.24, 2.45) is 0 Å². The van der Waals surface area contributed by atoms with Crippen LogP contribution in [0.3, 0.4) is 0 Å². The molecule has 2 N–H and O–H groups in total. The Balaban J connectivity index is 2.43. The van der Waals surface area contributed by atoms with Crippen LogP contribution >= 0.6 is 0 Å². The maximum Gasteiger partial charge on any atom is 0.216 e. The molecule has 0 saturated heterocycles. The van der Waals surface area contributed by atoms with Crippen LogP contribution in [-0.2, 0) is 4.79 Å². The van der Waals surface area contributed by atoms with Gasteiger partial charge < -0.3 is 10.6 Å². The van der Waals surface area contributed by atoms with E-state index in [0.717, 1.165) is 12.2 Å². The van der Waals surface area contributed by atoms with E-state index in [1.165, 1.54) is 18.1 Å². The molecular weight excluding hydrogens is 188 g/mol. The molecule has 0 aromatic heterocycles. The van der Waals surface area contributed by atoms with E-state index in [-0.39, 0.29) is 5.91 Å². The Morgan fingerprint density at radius 3 is 2.67 bits per heavy atom. The molecule has 1 rings (SSSR count). The molecule has 0 saturated carbocycles. The van der Waals surface area contributed by atoms with Crippen LogP contribution in [0.2, 0.25) is 0 Å². The van der Waals surface area contributed by atoms with Crippen molar-refractivity contribution in [3.63, 3.8) is 0 Å². The summed E-state index contributed by atoms with van der Waals surface area (Å²) in [5, 5.41) is 6.04. The van der Waals surface area contributed by atoms with E-state index < -0.39 is 0 Å². The summed E-state index contributed by atoms with van der Waals surface area (Å²) in [7, 11) is 0. The van der Waals surface area contributed by atoms with Gasteiger partial charge >= 0.3 is 0 Å². The predicted octanol–water partition coefficient (Wildman–Crippen LogP) is 1.85. The molecule has 0 radical (unpaired) electrons. The average molecular weight is 206 g/mol. The van der Waals surface area contributed by atoms with Gasteiger partial charge in [0.05, 0.1) is 0 Å². The molecule has 0 bridgehead atoms. The third-order valence-electron chi connectivity index (χ3n) is 2.21. The topological polar surface area (TPSA) is 41.1 Å². The van der Waals surface area contributed by atoms with Gasteiger partial charge in [-0.3, -0.25) is 4.79 Å². The lowest BCUT2D eigenvalue weighted by Crippen LogP contribution is -2.26. The normalized spacial score (nSPS) is 9.80. The van der Waals surface area contributed by atoms with E-state index in [2.05, 4.69) is 42.7 Å². The monoisotopic (exact) mass is 206 g/mol. The van der Waals surface area contributed by atoms with Crippen molar-refractivity contribution in [1.82, 2.24) is 5.32 Å². The number of carbonyl (C=O) groups excluding carboxylic acids is 1. The number of amides is 1. The second-order valence-electron chi connectivity index (χ2n) is 3.73. The fraction of sp³-hybridized carbons (Fsp3) is 0.417. The number of carbonyl (C=O) groups is 1. The van der Waals surface area contributed by atoms with Gasteiger partial charge in [0.1, 0.15) is 0 Å². The molecule has 82 valence electrons. The Morgan fingerprint density at radius 1 is 1.27 bits per heavy atom. The van der Waals surface area contributed by atoms with Crippen LogP contribution in [0.25, 0.3) is 0 Å². The summed E-state index contributed by atoms with van der Waals surface area (Å²) >= 11 is 0. The Labute approximate surface area is 90.9 Å². The summed E-state index contributed by atoms with van der Waals surface area (Å²) in [6, 6.07) is 6.30. The zero-order chi connectivity index (χ0) is 11.3. The number of hydrogen-bond acceptors (Lipinski definition) is 2. The largest absolute Gasteiger partial charge is 0.383 e. The fourth-order valence-electron chi connectivity index (χ4n) is 1.36. The highest BCUT2D eigenvalue weighted by atomic mass is 16.1. The first-order valence-corrected chi connectivity index (χ1v) is 5.15. The first-order valence-electron chi connectivity index (χ1n) is 5.15. The van der Waals surface area contributed by atoms with Gasteiger partial charge in [0.2, 0.25) is 5.91 Å². The number of nitrogens with one attached hydrogen (secondary N) is 2. The minimum absolute atomic E-state index is 0.0118. The molecule has 3 nitrogen and oxygen atoms in total. The van der Waals surface area contributed by atoms with E-state index in [9.17, 15) is 4.79 Å². The smallest absolute Gasteiger partial charge is 0.216 e. The first-order chi connectivity index (χ1) is 7.09. The molecule has 0 aliphatic rings. The molecule has 1 aromatic rings. The van der Waals surface area contributed by atoms with Crippen LogP contribution in [-0.4, -0.2) is 19.0 Å². The van der Waals surface area contributed by atoms with Gasteiger partial charge in [0.15, 0.2) is 0 Å². The number of benzene rings is 1. The maximum absolute atomic E-state index is 10.6. The van der Waals surface area contributed by atoms with E-state index in [0.29, 0.717) is 6.54 Å². The molecule has 3 heteroatoms. The second kappa shape index (κ2) is 5.39. The molecule has 0 aliphatic carbocycles. The second-order valence-corrected chi connectivity index (χ2v) is 3.73. The van der Waals surface area contributed by atoms with Crippen molar-refractivity contribution in [1.29, 1.82) is 0 Å². The Bertz CT molecular complexity index is 347. The van der Waals surface area contributed by atoms with Gasteiger partial charge in [-0.2, -0.15) is 0 Å². The summed E-state index contributed by atoms with van der Waals surface area (Å²) in [5.41, 5.74) is 3.60. The lowest BCUT2D eigenvalue weighted by molar-refractivity contribution is -0.118. The summed E-state index contributed by atoms with van der Waals surface area (Å²) in [5.74, 6) is 0.0118. The number of rotatable bonds is 4. The van der Waals surface area contributed by atoms with E-state index in [4.69, 9.17) is 0 Å². The van der Waals surface area contributed by atoms with Gasteiger partial charge in [-0.1, -0.05) is 12.1 Å². The summed E-state index contributed by atoms with van der Waals surface area (Å²) in [4.78, 5) is 10.6. The zero-order valence-corrected chi connectivity index (χ0v) is 9.55. The number of anilines is 1. The lowest BCUT2D eigenvalue weighted by atomic mass is 10.1. The van der Waals surface area contributed by atoms with Crippen molar-refractivity contribution in [2.75, 3.05) is 18.4 Å². The highest BCUT2D eigenvalue weighted by Crippen LogP contribution is 2.15. The van der Waals surface area contributed by atoms with E-state index in [1.807, 2.05) is 0 Å².